The third-order valence-electron chi connectivity index (χ3n) is 3.17. The van der Waals surface area contributed by atoms with Gasteiger partial charge in [-0.25, -0.2) is 4.98 Å². The number of benzene rings is 1. The summed E-state index contributed by atoms with van der Waals surface area (Å²) in [5.74, 6) is 0. The lowest BCUT2D eigenvalue weighted by molar-refractivity contribution is -0.384. The molecule has 0 bridgehead atoms. The molecule has 0 aliphatic carbocycles. The Balaban J connectivity index is 2.11. The van der Waals surface area contributed by atoms with Gasteiger partial charge >= 0.3 is 0 Å². The quantitative estimate of drug-likeness (QED) is 0.656. The molecular formula is C14H17N3O2S. The maximum atomic E-state index is 10.6. The molecule has 1 aromatic carbocycles. The van der Waals surface area contributed by atoms with Gasteiger partial charge in [-0.3, -0.25) is 10.1 Å². The van der Waals surface area contributed by atoms with Gasteiger partial charge in [0.25, 0.3) is 5.69 Å². The SMILES string of the molecule is CCc1csc([C@H](Cc2ccc([N+](=O)[O-])cc2)NC)n1. The predicted molar refractivity (Wildman–Crippen MR) is 80.1 cm³/mol. The van der Waals surface area contributed by atoms with Crippen LogP contribution in [0, 0.1) is 10.1 Å². The van der Waals surface area contributed by atoms with E-state index in [0.717, 1.165) is 29.1 Å². The van der Waals surface area contributed by atoms with Crippen molar-refractivity contribution >= 4 is 17.0 Å². The molecule has 20 heavy (non-hydrogen) atoms. The minimum Gasteiger partial charge on any atom is -0.311 e. The Hall–Kier alpha value is -1.79. The number of nitro benzene ring substituents is 1. The van der Waals surface area contributed by atoms with E-state index in [0.29, 0.717) is 0 Å². The average molecular weight is 291 g/mol. The van der Waals surface area contributed by atoms with Crippen LogP contribution in [0.5, 0.6) is 0 Å². The normalized spacial score (nSPS) is 12.3. The highest BCUT2D eigenvalue weighted by Gasteiger charge is 2.15. The Morgan fingerprint density at radius 1 is 1.40 bits per heavy atom. The summed E-state index contributed by atoms with van der Waals surface area (Å²) in [5.41, 5.74) is 2.29. The molecule has 6 heteroatoms. The zero-order valence-electron chi connectivity index (χ0n) is 11.5. The Kier molecular flexibility index (Phi) is 4.81. The standard InChI is InChI=1S/C14H17N3O2S/c1-3-11-9-20-14(16-11)13(15-2)8-10-4-6-12(7-5-10)17(18)19/h4-7,9,13,15H,3,8H2,1-2H3/t13-/m0/s1. The highest BCUT2D eigenvalue weighted by molar-refractivity contribution is 7.09. The van der Waals surface area contributed by atoms with E-state index in [1.54, 1.807) is 35.6 Å². The fraction of sp³-hybridized carbons (Fsp3) is 0.357. The molecule has 1 aromatic heterocycles. The van der Waals surface area contributed by atoms with Crippen molar-refractivity contribution in [2.45, 2.75) is 25.8 Å². The predicted octanol–water partition coefficient (Wildman–Crippen LogP) is 3.12. The molecule has 5 nitrogen and oxygen atoms in total. The van der Waals surface area contributed by atoms with E-state index in [2.05, 4.69) is 22.6 Å². The summed E-state index contributed by atoms with van der Waals surface area (Å²) in [6, 6.07) is 6.83. The lowest BCUT2D eigenvalue weighted by Gasteiger charge is -2.13. The summed E-state index contributed by atoms with van der Waals surface area (Å²) in [7, 11) is 1.91. The largest absolute Gasteiger partial charge is 0.311 e. The first-order chi connectivity index (χ1) is 9.63. The first-order valence-corrected chi connectivity index (χ1v) is 7.37. The van der Waals surface area contributed by atoms with Gasteiger partial charge in [-0.2, -0.15) is 0 Å². The maximum Gasteiger partial charge on any atom is 0.269 e. The first-order valence-electron chi connectivity index (χ1n) is 6.49. The van der Waals surface area contributed by atoms with Crippen LogP contribution in [0.2, 0.25) is 0 Å². The van der Waals surface area contributed by atoms with E-state index < -0.39 is 0 Å². The van der Waals surface area contributed by atoms with Gasteiger partial charge < -0.3 is 5.32 Å². The number of nitrogens with zero attached hydrogens (tertiary/aromatic N) is 2. The molecule has 0 spiro atoms. The molecule has 0 saturated heterocycles. The van der Waals surface area contributed by atoms with Gasteiger partial charge in [0.1, 0.15) is 5.01 Å². The van der Waals surface area contributed by atoms with Crippen molar-refractivity contribution < 1.29 is 4.92 Å². The fourth-order valence-electron chi connectivity index (χ4n) is 1.95. The van der Waals surface area contributed by atoms with Gasteiger partial charge in [-0.1, -0.05) is 19.1 Å². The van der Waals surface area contributed by atoms with Crippen molar-refractivity contribution in [1.29, 1.82) is 0 Å². The van der Waals surface area contributed by atoms with Crippen molar-refractivity contribution in [3.05, 3.63) is 56.0 Å². The van der Waals surface area contributed by atoms with Crippen molar-refractivity contribution in [3.8, 4) is 0 Å². The minimum absolute atomic E-state index is 0.122. The Morgan fingerprint density at radius 2 is 2.10 bits per heavy atom. The molecule has 0 radical (unpaired) electrons. The fourth-order valence-corrected chi connectivity index (χ4v) is 2.96. The highest BCUT2D eigenvalue weighted by Crippen LogP contribution is 2.23. The number of aryl methyl sites for hydroxylation is 1. The van der Waals surface area contributed by atoms with Crippen molar-refractivity contribution in [2.75, 3.05) is 7.05 Å². The molecular weight excluding hydrogens is 274 g/mol. The highest BCUT2D eigenvalue weighted by atomic mass is 32.1. The number of non-ortho nitro benzene ring substituents is 1. The van der Waals surface area contributed by atoms with Crippen LogP contribution in [-0.2, 0) is 12.8 Å². The molecule has 106 valence electrons. The summed E-state index contributed by atoms with van der Waals surface area (Å²) in [6.45, 7) is 2.09. The van der Waals surface area contributed by atoms with Gasteiger partial charge in [0.05, 0.1) is 16.7 Å². The number of hydrogen-bond acceptors (Lipinski definition) is 5. The number of nitro groups is 1. The zero-order valence-corrected chi connectivity index (χ0v) is 12.3. The van der Waals surface area contributed by atoms with Gasteiger partial charge in [0, 0.05) is 17.5 Å². The summed E-state index contributed by atoms with van der Waals surface area (Å²) < 4.78 is 0. The molecule has 0 fully saturated rings. The van der Waals surface area contributed by atoms with E-state index in [-0.39, 0.29) is 16.7 Å². The van der Waals surface area contributed by atoms with Crippen molar-refractivity contribution in [3.63, 3.8) is 0 Å². The molecule has 0 amide bonds. The molecule has 0 aliphatic rings. The van der Waals surface area contributed by atoms with Gasteiger partial charge in [-0.15, -0.1) is 11.3 Å². The maximum absolute atomic E-state index is 10.6. The molecule has 1 N–H and O–H groups in total. The molecule has 2 aromatic rings. The second kappa shape index (κ2) is 6.58. The molecule has 0 saturated carbocycles. The van der Waals surface area contributed by atoms with Crippen LogP contribution in [0.25, 0.3) is 0 Å². The average Bonchev–Trinajstić information content (AvgIpc) is 2.94. The van der Waals surface area contributed by atoms with E-state index in [1.165, 1.54) is 0 Å². The molecule has 0 aliphatic heterocycles. The molecule has 1 atom stereocenters. The summed E-state index contributed by atoms with van der Waals surface area (Å²) in [5, 5.41) is 17.0. The van der Waals surface area contributed by atoms with Crippen LogP contribution in [0.4, 0.5) is 5.69 Å². The summed E-state index contributed by atoms with van der Waals surface area (Å²) >= 11 is 1.65. The van der Waals surface area contributed by atoms with Crippen LogP contribution < -0.4 is 5.32 Å². The minimum atomic E-state index is -0.381. The number of hydrogen-bond donors (Lipinski definition) is 1. The Bertz CT molecular complexity index is 580. The number of nitrogens with one attached hydrogen (secondary N) is 1. The topological polar surface area (TPSA) is 68.1 Å². The number of likely N-dealkylation sites (N-methyl/N-ethyl adjacent to an activating group) is 1. The van der Waals surface area contributed by atoms with E-state index in [9.17, 15) is 10.1 Å². The molecule has 0 unspecified atom stereocenters. The third kappa shape index (κ3) is 3.40. The Morgan fingerprint density at radius 3 is 2.60 bits per heavy atom. The van der Waals surface area contributed by atoms with Crippen molar-refractivity contribution in [2.24, 2.45) is 0 Å². The van der Waals surface area contributed by atoms with Crippen LogP contribution in [0.3, 0.4) is 0 Å². The van der Waals surface area contributed by atoms with E-state index >= 15 is 0 Å². The second-order valence-corrected chi connectivity index (χ2v) is 5.39. The van der Waals surface area contributed by atoms with Crippen molar-refractivity contribution in [1.82, 2.24) is 10.3 Å². The number of aromatic nitrogens is 1. The van der Waals surface area contributed by atoms with E-state index in [4.69, 9.17) is 0 Å². The second-order valence-electron chi connectivity index (χ2n) is 4.50. The molecule has 2 rings (SSSR count). The van der Waals surface area contributed by atoms with Crippen LogP contribution in [0.15, 0.2) is 29.6 Å². The zero-order chi connectivity index (χ0) is 14.5. The summed E-state index contributed by atoms with van der Waals surface area (Å²) in [6.07, 6.45) is 1.70. The monoisotopic (exact) mass is 291 g/mol. The third-order valence-corrected chi connectivity index (χ3v) is 4.17. The lowest BCUT2D eigenvalue weighted by Crippen LogP contribution is -2.18. The van der Waals surface area contributed by atoms with Crippen LogP contribution in [0.1, 0.15) is 29.2 Å². The smallest absolute Gasteiger partial charge is 0.269 e. The van der Waals surface area contributed by atoms with Gasteiger partial charge in [0.2, 0.25) is 0 Å². The lowest BCUT2D eigenvalue weighted by atomic mass is 10.1. The van der Waals surface area contributed by atoms with Gasteiger partial charge in [0.15, 0.2) is 0 Å². The van der Waals surface area contributed by atoms with E-state index in [1.807, 2.05) is 7.05 Å². The van der Waals surface area contributed by atoms with Crippen LogP contribution >= 0.6 is 11.3 Å². The molecule has 1 heterocycles. The number of thiazole rings is 1. The Labute approximate surface area is 121 Å². The number of rotatable bonds is 6. The summed E-state index contributed by atoms with van der Waals surface area (Å²) in [4.78, 5) is 14.8. The first kappa shape index (κ1) is 14.6. The van der Waals surface area contributed by atoms with Crippen LogP contribution in [-0.4, -0.2) is 17.0 Å². The van der Waals surface area contributed by atoms with Gasteiger partial charge in [-0.05, 0) is 25.5 Å².